The third kappa shape index (κ3) is 5.10. The molecular formula is C21H25N5O. The van der Waals surface area contributed by atoms with Crippen LogP contribution in [0, 0.1) is 0 Å². The summed E-state index contributed by atoms with van der Waals surface area (Å²) in [5.74, 6) is 1.61. The second kappa shape index (κ2) is 9.43. The minimum Gasteiger partial charge on any atom is -0.491 e. The van der Waals surface area contributed by atoms with E-state index in [-0.39, 0.29) is 0 Å². The highest BCUT2D eigenvalue weighted by atomic mass is 16.5. The summed E-state index contributed by atoms with van der Waals surface area (Å²) < 4.78 is 7.83. The lowest BCUT2D eigenvalue weighted by Gasteiger charge is -2.14. The van der Waals surface area contributed by atoms with Crippen molar-refractivity contribution in [3.8, 4) is 16.9 Å². The number of nitrogens with one attached hydrogen (secondary N) is 2. The molecule has 0 saturated heterocycles. The number of guanidine groups is 1. The van der Waals surface area contributed by atoms with Crippen LogP contribution in [0.1, 0.15) is 5.69 Å². The number of aliphatic imine (C=N–C) groups is 1. The van der Waals surface area contributed by atoms with Gasteiger partial charge >= 0.3 is 0 Å². The predicted octanol–water partition coefficient (Wildman–Crippen LogP) is 2.83. The van der Waals surface area contributed by atoms with Gasteiger partial charge in [0.25, 0.3) is 0 Å². The van der Waals surface area contributed by atoms with E-state index < -0.39 is 0 Å². The molecule has 140 valence electrons. The van der Waals surface area contributed by atoms with Crippen molar-refractivity contribution in [1.82, 2.24) is 20.4 Å². The summed E-state index contributed by atoms with van der Waals surface area (Å²) in [7, 11) is 3.68. The highest BCUT2D eigenvalue weighted by molar-refractivity contribution is 5.79. The minimum absolute atomic E-state index is 0.538. The molecule has 0 radical (unpaired) electrons. The maximum Gasteiger partial charge on any atom is 0.191 e. The summed E-state index contributed by atoms with van der Waals surface area (Å²) in [6.07, 6.45) is 1.78. The standard InChI is InChI=1S/C21H25N5O/c1-22-21(24-16-18-12-13-25-26(18)2)23-14-15-27-20-11-7-6-10-19(20)17-8-4-3-5-9-17/h3-13H,14-16H2,1-2H3,(H2,22,23,24). The Morgan fingerprint density at radius 2 is 1.81 bits per heavy atom. The first-order chi connectivity index (χ1) is 13.3. The molecule has 0 aliphatic rings. The summed E-state index contributed by atoms with van der Waals surface area (Å²) >= 11 is 0. The van der Waals surface area contributed by atoms with Gasteiger partial charge in [-0.05, 0) is 17.7 Å². The molecule has 0 amide bonds. The maximum atomic E-state index is 6.00. The molecule has 27 heavy (non-hydrogen) atoms. The lowest BCUT2D eigenvalue weighted by atomic mass is 10.1. The molecule has 0 aliphatic carbocycles. The average molecular weight is 363 g/mol. The van der Waals surface area contributed by atoms with E-state index in [1.807, 2.05) is 54.2 Å². The fourth-order valence-electron chi connectivity index (χ4n) is 2.75. The molecule has 2 N–H and O–H groups in total. The van der Waals surface area contributed by atoms with Crippen LogP contribution in [0.25, 0.3) is 11.1 Å². The van der Waals surface area contributed by atoms with Gasteiger partial charge < -0.3 is 15.4 Å². The predicted molar refractivity (Wildman–Crippen MR) is 109 cm³/mol. The van der Waals surface area contributed by atoms with E-state index in [4.69, 9.17) is 4.74 Å². The maximum absolute atomic E-state index is 6.00. The molecule has 6 heteroatoms. The van der Waals surface area contributed by atoms with Crippen LogP contribution < -0.4 is 15.4 Å². The van der Waals surface area contributed by atoms with E-state index in [1.165, 1.54) is 0 Å². The average Bonchev–Trinajstić information content (AvgIpc) is 3.13. The van der Waals surface area contributed by atoms with Gasteiger partial charge in [0, 0.05) is 25.9 Å². The number of hydrogen-bond donors (Lipinski definition) is 2. The van der Waals surface area contributed by atoms with Crippen LogP contribution in [0.15, 0.2) is 71.9 Å². The van der Waals surface area contributed by atoms with Crippen molar-refractivity contribution in [2.45, 2.75) is 6.54 Å². The second-order valence-electron chi connectivity index (χ2n) is 6.01. The molecule has 0 spiro atoms. The zero-order valence-corrected chi connectivity index (χ0v) is 15.7. The lowest BCUT2D eigenvalue weighted by molar-refractivity contribution is 0.323. The zero-order valence-electron chi connectivity index (χ0n) is 15.7. The molecule has 1 heterocycles. The van der Waals surface area contributed by atoms with Gasteiger partial charge in [0.15, 0.2) is 5.96 Å². The first-order valence-electron chi connectivity index (χ1n) is 8.96. The van der Waals surface area contributed by atoms with Crippen LogP contribution >= 0.6 is 0 Å². The molecule has 3 rings (SSSR count). The minimum atomic E-state index is 0.538. The highest BCUT2D eigenvalue weighted by Crippen LogP contribution is 2.29. The molecule has 0 bridgehead atoms. The first-order valence-corrected chi connectivity index (χ1v) is 8.96. The smallest absolute Gasteiger partial charge is 0.191 e. The van der Waals surface area contributed by atoms with E-state index in [1.54, 1.807) is 13.2 Å². The van der Waals surface area contributed by atoms with Crippen LogP contribution in [-0.2, 0) is 13.6 Å². The number of para-hydroxylation sites is 1. The summed E-state index contributed by atoms with van der Waals surface area (Å²) in [5.41, 5.74) is 3.33. The van der Waals surface area contributed by atoms with Gasteiger partial charge in [0.05, 0.1) is 18.8 Å². The third-order valence-corrected chi connectivity index (χ3v) is 4.21. The number of benzene rings is 2. The van der Waals surface area contributed by atoms with Gasteiger partial charge in [-0.25, -0.2) is 0 Å². The number of aryl methyl sites for hydroxylation is 1. The van der Waals surface area contributed by atoms with Crippen LogP contribution in [0.2, 0.25) is 0 Å². The van der Waals surface area contributed by atoms with Crippen LogP contribution in [-0.4, -0.2) is 35.9 Å². The van der Waals surface area contributed by atoms with Gasteiger partial charge in [-0.1, -0.05) is 48.5 Å². The fraction of sp³-hybridized carbons (Fsp3) is 0.238. The monoisotopic (exact) mass is 363 g/mol. The van der Waals surface area contributed by atoms with Crippen LogP contribution in [0.5, 0.6) is 5.75 Å². The van der Waals surface area contributed by atoms with Gasteiger partial charge in [0.1, 0.15) is 12.4 Å². The van der Waals surface area contributed by atoms with E-state index in [9.17, 15) is 0 Å². The molecule has 0 aliphatic heterocycles. The van der Waals surface area contributed by atoms with Gasteiger partial charge in [-0.3, -0.25) is 9.67 Å². The summed E-state index contributed by atoms with van der Waals surface area (Å²) in [5, 5.41) is 10.7. The number of nitrogens with zero attached hydrogens (tertiary/aromatic N) is 3. The van der Waals surface area contributed by atoms with Gasteiger partial charge in [-0.15, -0.1) is 0 Å². The SMILES string of the molecule is CN=C(NCCOc1ccccc1-c1ccccc1)NCc1ccnn1C. The highest BCUT2D eigenvalue weighted by Gasteiger charge is 2.05. The number of aromatic nitrogens is 2. The lowest BCUT2D eigenvalue weighted by Crippen LogP contribution is -2.39. The number of hydrogen-bond acceptors (Lipinski definition) is 3. The quantitative estimate of drug-likeness (QED) is 0.385. The third-order valence-electron chi connectivity index (χ3n) is 4.21. The van der Waals surface area contributed by atoms with Crippen LogP contribution in [0.4, 0.5) is 0 Å². The summed E-state index contributed by atoms with van der Waals surface area (Å²) in [6.45, 7) is 1.85. The van der Waals surface area contributed by atoms with Crippen molar-refractivity contribution >= 4 is 5.96 Å². The first kappa shape index (κ1) is 18.5. The van der Waals surface area contributed by atoms with Crippen molar-refractivity contribution in [1.29, 1.82) is 0 Å². The van der Waals surface area contributed by atoms with Crippen molar-refractivity contribution in [2.75, 3.05) is 20.2 Å². The summed E-state index contributed by atoms with van der Waals surface area (Å²) in [6, 6.07) is 20.3. The Hall–Kier alpha value is -3.28. The van der Waals surface area contributed by atoms with Crippen molar-refractivity contribution in [2.24, 2.45) is 12.0 Å². The molecule has 0 fully saturated rings. The molecule has 6 nitrogen and oxygen atoms in total. The molecule has 0 atom stereocenters. The van der Waals surface area contributed by atoms with E-state index in [2.05, 4.69) is 38.9 Å². The van der Waals surface area contributed by atoms with Crippen molar-refractivity contribution in [3.05, 3.63) is 72.6 Å². The Morgan fingerprint density at radius 1 is 1.04 bits per heavy atom. The normalized spacial score (nSPS) is 11.3. The topological polar surface area (TPSA) is 63.5 Å². The zero-order chi connectivity index (χ0) is 18.9. The Labute approximate surface area is 159 Å². The largest absolute Gasteiger partial charge is 0.491 e. The van der Waals surface area contributed by atoms with Gasteiger partial charge in [0.2, 0.25) is 0 Å². The van der Waals surface area contributed by atoms with Crippen LogP contribution in [0.3, 0.4) is 0 Å². The van der Waals surface area contributed by atoms with Crippen molar-refractivity contribution in [3.63, 3.8) is 0 Å². The summed E-state index contributed by atoms with van der Waals surface area (Å²) in [4.78, 5) is 4.24. The Bertz CT molecular complexity index is 873. The van der Waals surface area contributed by atoms with E-state index >= 15 is 0 Å². The van der Waals surface area contributed by atoms with E-state index in [0.29, 0.717) is 19.7 Å². The van der Waals surface area contributed by atoms with Crippen molar-refractivity contribution < 1.29 is 4.74 Å². The second-order valence-corrected chi connectivity index (χ2v) is 6.01. The molecule has 3 aromatic rings. The number of rotatable bonds is 7. The Balaban J connectivity index is 1.49. The molecule has 2 aromatic carbocycles. The van der Waals surface area contributed by atoms with Gasteiger partial charge in [-0.2, -0.15) is 5.10 Å². The molecule has 0 saturated carbocycles. The fourth-order valence-corrected chi connectivity index (χ4v) is 2.75. The number of ether oxygens (including phenoxy) is 1. The van der Waals surface area contributed by atoms with E-state index in [0.717, 1.165) is 28.5 Å². The molecule has 0 unspecified atom stereocenters. The molecular weight excluding hydrogens is 338 g/mol. The Kier molecular flexibility index (Phi) is 6.46. The Morgan fingerprint density at radius 3 is 2.56 bits per heavy atom. The molecule has 1 aromatic heterocycles.